The molecule has 2 aliphatic rings. The Morgan fingerprint density at radius 2 is 1.88 bits per heavy atom. The van der Waals surface area contributed by atoms with Crippen LogP contribution in [0.4, 0.5) is 8.78 Å². The third-order valence-electron chi connectivity index (χ3n) is 4.22. The first-order chi connectivity index (χ1) is 10.8. The molecule has 10 heteroatoms. The zero-order valence-electron chi connectivity index (χ0n) is 12.5. The van der Waals surface area contributed by atoms with E-state index in [2.05, 4.69) is 14.8 Å². The summed E-state index contributed by atoms with van der Waals surface area (Å²) in [5, 5.41) is 3.27. The fraction of sp³-hybridized carbons (Fsp3) is 0.571. The van der Waals surface area contributed by atoms with Crippen molar-refractivity contribution in [3.8, 4) is 5.75 Å². The van der Waals surface area contributed by atoms with Crippen LogP contribution in [-0.2, 0) is 10.0 Å². The molecule has 3 rings (SSSR count). The predicted octanol–water partition coefficient (Wildman–Crippen LogP) is 2.92. The van der Waals surface area contributed by atoms with E-state index in [1.165, 1.54) is 6.07 Å². The lowest BCUT2D eigenvalue weighted by atomic mass is 10.0. The fourth-order valence-electron chi connectivity index (χ4n) is 3.28. The van der Waals surface area contributed by atoms with Crippen LogP contribution in [0.3, 0.4) is 0 Å². The molecule has 2 fully saturated rings. The van der Waals surface area contributed by atoms with E-state index in [1.54, 1.807) is 0 Å². The highest BCUT2D eigenvalue weighted by Gasteiger charge is 2.35. The van der Waals surface area contributed by atoms with E-state index in [0.717, 1.165) is 37.8 Å². The number of ether oxygens (including phenoxy) is 1. The normalized spacial score (nSPS) is 26.2. The molecule has 0 aromatic heterocycles. The molecule has 0 spiro atoms. The van der Waals surface area contributed by atoms with Gasteiger partial charge in [0.25, 0.3) is 0 Å². The van der Waals surface area contributed by atoms with Crippen LogP contribution in [0.2, 0.25) is 5.02 Å². The quantitative estimate of drug-likeness (QED) is 0.794. The summed E-state index contributed by atoms with van der Waals surface area (Å²) < 4.78 is 56.2. The van der Waals surface area contributed by atoms with Gasteiger partial charge in [-0.25, -0.2) is 13.1 Å². The van der Waals surface area contributed by atoms with Gasteiger partial charge in [0.2, 0.25) is 10.0 Å². The summed E-state index contributed by atoms with van der Waals surface area (Å²) in [6, 6.07) is 4.04. The topological polar surface area (TPSA) is 67.4 Å². The average molecular weight is 403 g/mol. The van der Waals surface area contributed by atoms with Crippen LogP contribution >= 0.6 is 24.0 Å². The first-order valence-electron chi connectivity index (χ1n) is 7.36. The molecule has 5 nitrogen and oxygen atoms in total. The molecule has 2 N–H and O–H groups in total. The molecule has 2 bridgehead atoms. The van der Waals surface area contributed by atoms with E-state index < -0.39 is 16.6 Å². The molecule has 2 saturated heterocycles. The largest absolute Gasteiger partial charge is 0.433 e. The Morgan fingerprint density at radius 3 is 2.42 bits per heavy atom. The first-order valence-corrected chi connectivity index (χ1v) is 9.22. The highest BCUT2D eigenvalue weighted by molar-refractivity contribution is 7.89. The smallest absolute Gasteiger partial charge is 0.387 e. The van der Waals surface area contributed by atoms with Gasteiger partial charge >= 0.3 is 6.61 Å². The Bertz CT molecular complexity index is 679. The van der Waals surface area contributed by atoms with Crippen LogP contribution in [0.5, 0.6) is 5.75 Å². The summed E-state index contributed by atoms with van der Waals surface area (Å²) in [4.78, 5) is -0.0602. The van der Waals surface area contributed by atoms with Crippen molar-refractivity contribution < 1.29 is 21.9 Å². The van der Waals surface area contributed by atoms with Crippen molar-refractivity contribution in [1.29, 1.82) is 0 Å². The van der Waals surface area contributed by atoms with Crippen molar-refractivity contribution in [3.63, 3.8) is 0 Å². The van der Waals surface area contributed by atoms with Gasteiger partial charge < -0.3 is 10.1 Å². The Labute approximate surface area is 150 Å². The number of alkyl halides is 2. The van der Waals surface area contributed by atoms with Gasteiger partial charge in [-0.2, -0.15) is 8.78 Å². The summed E-state index contributed by atoms with van der Waals surface area (Å²) in [6.45, 7) is -3.02. The maximum atomic E-state index is 12.4. The van der Waals surface area contributed by atoms with Crippen molar-refractivity contribution in [3.05, 3.63) is 23.2 Å². The molecule has 136 valence electrons. The molecule has 2 aliphatic heterocycles. The summed E-state index contributed by atoms with van der Waals surface area (Å²) in [5.74, 6) is -0.250. The van der Waals surface area contributed by atoms with E-state index in [-0.39, 0.29) is 34.1 Å². The van der Waals surface area contributed by atoms with Gasteiger partial charge in [-0.05, 0) is 43.9 Å². The van der Waals surface area contributed by atoms with Crippen LogP contribution < -0.4 is 14.8 Å². The molecule has 1 aromatic carbocycles. The number of rotatable bonds is 5. The number of piperidine rings is 1. The second-order valence-corrected chi connectivity index (χ2v) is 8.02. The van der Waals surface area contributed by atoms with Gasteiger partial charge in [-0.1, -0.05) is 11.6 Å². The molecule has 0 aliphatic carbocycles. The molecule has 2 unspecified atom stereocenters. The van der Waals surface area contributed by atoms with Crippen molar-refractivity contribution >= 4 is 34.0 Å². The van der Waals surface area contributed by atoms with Crippen molar-refractivity contribution in [2.45, 2.75) is 55.3 Å². The van der Waals surface area contributed by atoms with Gasteiger partial charge in [-0.3, -0.25) is 0 Å². The monoisotopic (exact) mass is 402 g/mol. The molecule has 0 amide bonds. The summed E-state index contributed by atoms with van der Waals surface area (Å²) >= 11 is 5.82. The van der Waals surface area contributed by atoms with Gasteiger partial charge in [-0.15, -0.1) is 12.4 Å². The molecule has 0 radical (unpaired) electrons. The van der Waals surface area contributed by atoms with Crippen LogP contribution in [-0.4, -0.2) is 33.2 Å². The third kappa shape index (κ3) is 4.49. The minimum absolute atomic E-state index is 0. The highest BCUT2D eigenvalue weighted by Crippen LogP contribution is 2.30. The number of fused-ring (bicyclic) bond motifs is 2. The highest BCUT2D eigenvalue weighted by atomic mass is 35.5. The van der Waals surface area contributed by atoms with Gasteiger partial charge in [0.05, 0.1) is 9.92 Å². The lowest BCUT2D eigenvalue weighted by Crippen LogP contribution is -2.47. The molecule has 24 heavy (non-hydrogen) atoms. The van der Waals surface area contributed by atoms with Crippen LogP contribution in [0, 0.1) is 0 Å². The Balaban J connectivity index is 0.00000208. The van der Waals surface area contributed by atoms with Crippen molar-refractivity contribution in [2.24, 2.45) is 0 Å². The minimum Gasteiger partial charge on any atom is -0.433 e. The fourth-order valence-corrected chi connectivity index (χ4v) is 4.86. The zero-order valence-corrected chi connectivity index (χ0v) is 14.9. The second-order valence-electron chi connectivity index (χ2n) is 5.90. The molecule has 0 saturated carbocycles. The van der Waals surface area contributed by atoms with Gasteiger partial charge in [0, 0.05) is 18.1 Å². The first kappa shape index (κ1) is 19.7. The number of benzene rings is 1. The van der Waals surface area contributed by atoms with E-state index in [1.807, 2.05) is 0 Å². The maximum absolute atomic E-state index is 12.4. The number of hydrogen-bond donors (Lipinski definition) is 2. The summed E-state index contributed by atoms with van der Waals surface area (Å²) in [6.07, 6.45) is 3.62. The standard InChI is InChI=1S/C14H17ClF2N2O3S.ClH/c15-12-7-11(3-4-13(12)22-14(16)17)23(20,21)19-10-5-8-1-2-9(6-10)18-8;/h3-4,7-10,14,18-19H,1-2,5-6H2;1H. The Hall–Kier alpha value is -0.670. The maximum Gasteiger partial charge on any atom is 0.387 e. The number of nitrogens with one attached hydrogen (secondary N) is 2. The van der Waals surface area contributed by atoms with Gasteiger partial charge in [0.15, 0.2) is 0 Å². The number of sulfonamides is 1. The Kier molecular flexibility index (Phi) is 6.30. The molecular weight excluding hydrogens is 385 g/mol. The second kappa shape index (κ2) is 7.70. The van der Waals surface area contributed by atoms with Crippen LogP contribution in [0.1, 0.15) is 25.7 Å². The van der Waals surface area contributed by atoms with Crippen LogP contribution in [0.25, 0.3) is 0 Å². The molecular formula is C14H18Cl2F2N2O3S. The SMILES string of the molecule is Cl.O=S(=O)(NC1CC2CCC(C1)N2)c1ccc(OC(F)F)c(Cl)c1. The van der Waals surface area contributed by atoms with Gasteiger partial charge in [0.1, 0.15) is 5.75 Å². The summed E-state index contributed by atoms with van der Waals surface area (Å²) in [5.41, 5.74) is 0. The average Bonchev–Trinajstić information content (AvgIpc) is 2.79. The number of halogens is 4. The van der Waals surface area contributed by atoms with E-state index >= 15 is 0 Å². The molecule has 1 aromatic rings. The van der Waals surface area contributed by atoms with E-state index in [4.69, 9.17) is 11.6 Å². The minimum atomic E-state index is -3.75. The lowest BCUT2D eigenvalue weighted by molar-refractivity contribution is -0.0498. The number of hydrogen-bond acceptors (Lipinski definition) is 4. The summed E-state index contributed by atoms with van der Waals surface area (Å²) in [7, 11) is -3.75. The molecule has 2 heterocycles. The van der Waals surface area contributed by atoms with E-state index in [9.17, 15) is 17.2 Å². The lowest BCUT2D eigenvalue weighted by Gasteiger charge is -2.29. The van der Waals surface area contributed by atoms with Crippen molar-refractivity contribution in [2.75, 3.05) is 0 Å². The molecule has 2 atom stereocenters. The predicted molar refractivity (Wildman–Crippen MR) is 88.6 cm³/mol. The van der Waals surface area contributed by atoms with Crippen LogP contribution in [0.15, 0.2) is 23.1 Å². The Morgan fingerprint density at radius 1 is 1.25 bits per heavy atom. The van der Waals surface area contributed by atoms with E-state index in [0.29, 0.717) is 12.1 Å². The van der Waals surface area contributed by atoms with Crippen molar-refractivity contribution in [1.82, 2.24) is 10.0 Å². The third-order valence-corrected chi connectivity index (χ3v) is 6.04. The zero-order chi connectivity index (χ0) is 16.6.